The van der Waals surface area contributed by atoms with Gasteiger partial charge in [0.1, 0.15) is 5.82 Å². The van der Waals surface area contributed by atoms with Crippen molar-refractivity contribution in [2.75, 3.05) is 23.3 Å². The Morgan fingerprint density at radius 3 is 2.84 bits per heavy atom. The van der Waals surface area contributed by atoms with Crippen LogP contribution in [0, 0.1) is 0 Å². The zero-order chi connectivity index (χ0) is 17.4. The lowest BCUT2D eigenvalue weighted by Crippen LogP contribution is -2.26. The second-order valence-electron chi connectivity index (χ2n) is 5.83. The monoisotopic (exact) mass is 344 g/mol. The Kier molecular flexibility index (Phi) is 3.56. The van der Waals surface area contributed by atoms with Crippen molar-refractivity contribution in [2.45, 2.75) is 12.3 Å². The topological polar surface area (TPSA) is 75.4 Å². The van der Waals surface area contributed by atoms with Gasteiger partial charge >= 0.3 is 0 Å². The highest BCUT2D eigenvalue weighted by molar-refractivity contribution is 6.03. The number of nitrogens with zero attached hydrogens (tertiary/aromatic N) is 5. The predicted molar refractivity (Wildman–Crippen MR) is 87.0 cm³/mol. The number of aromatic nitrogens is 4. The minimum Gasteiger partial charge on any atom is -0.349 e. The Bertz CT molecular complexity index is 927. The maximum absolute atomic E-state index is 13.4. The number of rotatable bonds is 3. The SMILES string of the molecule is O=C(Nc1cccnc1)c1cnc2ccc(N3CCC(F)(F)C3)nn12. The molecule has 1 amide bonds. The second kappa shape index (κ2) is 5.76. The molecule has 128 valence electrons. The predicted octanol–water partition coefficient (Wildman–Crippen LogP) is 2.22. The van der Waals surface area contributed by atoms with Gasteiger partial charge in [-0.15, -0.1) is 5.10 Å². The van der Waals surface area contributed by atoms with Crippen molar-refractivity contribution in [1.29, 1.82) is 0 Å². The van der Waals surface area contributed by atoms with Gasteiger partial charge in [0.05, 0.1) is 24.6 Å². The van der Waals surface area contributed by atoms with Crippen LogP contribution in [0.4, 0.5) is 20.3 Å². The van der Waals surface area contributed by atoms with Crippen LogP contribution in [0.25, 0.3) is 5.65 Å². The molecule has 1 fully saturated rings. The molecule has 1 N–H and O–H groups in total. The van der Waals surface area contributed by atoms with Gasteiger partial charge in [-0.25, -0.2) is 18.3 Å². The molecule has 3 aromatic heterocycles. The van der Waals surface area contributed by atoms with E-state index in [1.807, 2.05) is 0 Å². The molecule has 1 aliphatic heterocycles. The summed E-state index contributed by atoms with van der Waals surface area (Å²) in [5, 5.41) is 7.02. The molecule has 4 rings (SSSR count). The number of hydrogen-bond acceptors (Lipinski definition) is 5. The van der Waals surface area contributed by atoms with Gasteiger partial charge < -0.3 is 10.2 Å². The van der Waals surface area contributed by atoms with Crippen molar-refractivity contribution in [3.8, 4) is 0 Å². The van der Waals surface area contributed by atoms with Gasteiger partial charge in [0, 0.05) is 19.2 Å². The number of anilines is 2. The number of carbonyl (C=O) groups is 1. The van der Waals surface area contributed by atoms with E-state index < -0.39 is 11.8 Å². The summed E-state index contributed by atoms with van der Waals surface area (Å²) in [6.45, 7) is -0.158. The lowest BCUT2D eigenvalue weighted by Gasteiger charge is -2.17. The minimum absolute atomic E-state index is 0.203. The second-order valence-corrected chi connectivity index (χ2v) is 5.83. The number of amides is 1. The number of halogens is 2. The van der Waals surface area contributed by atoms with Crippen LogP contribution < -0.4 is 10.2 Å². The third-order valence-corrected chi connectivity index (χ3v) is 3.99. The molecule has 4 heterocycles. The van der Waals surface area contributed by atoms with E-state index in [-0.39, 0.29) is 25.2 Å². The van der Waals surface area contributed by atoms with E-state index in [0.29, 0.717) is 17.2 Å². The molecule has 1 aliphatic rings. The van der Waals surface area contributed by atoms with E-state index in [2.05, 4.69) is 20.4 Å². The fourth-order valence-corrected chi connectivity index (χ4v) is 2.75. The normalized spacial score (nSPS) is 16.3. The average Bonchev–Trinajstić information content (AvgIpc) is 3.18. The summed E-state index contributed by atoms with van der Waals surface area (Å²) in [4.78, 5) is 22.0. The molecule has 0 radical (unpaired) electrons. The lowest BCUT2D eigenvalue weighted by atomic mass is 10.3. The summed E-state index contributed by atoms with van der Waals surface area (Å²) in [5.41, 5.74) is 1.22. The van der Waals surface area contributed by atoms with Crippen molar-refractivity contribution in [3.05, 3.63) is 48.5 Å². The first-order valence-electron chi connectivity index (χ1n) is 7.71. The van der Waals surface area contributed by atoms with Crippen molar-refractivity contribution in [1.82, 2.24) is 19.6 Å². The number of hydrogen-bond donors (Lipinski definition) is 1. The molecule has 0 atom stereocenters. The summed E-state index contributed by atoms with van der Waals surface area (Å²) in [6.07, 6.45) is 4.32. The highest BCUT2D eigenvalue weighted by Gasteiger charge is 2.38. The number of fused-ring (bicyclic) bond motifs is 1. The first-order chi connectivity index (χ1) is 12.0. The number of alkyl halides is 2. The quantitative estimate of drug-likeness (QED) is 0.788. The van der Waals surface area contributed by atoms with Gasteiger partial charge in [0.15, 0.2) is 11.3 Å². The fraction of sp³-hybridized carbons (Fsp3) is 0.250. The van der Waals surface area contributed by atoms with Crippen LogP contribution >= 0.6 is 0 Å². The smallest absolute Gasteiger partial charge is 0.276 e. The van der Waals surface area contributed by atoms with Crippen LogP contribution in [-0.4, -0.2) is 44.5 Å². The summed E-state index contributed by atoms with van der Waals surface area (Å²) in [7, 11) is 0. The average molecular weight is 344 g/mol. The van der Waals surface area contributed by atoms with Crippen LogP contribution in [-0.2, 0) is 0 Å². The molecule has 0 aromatic carbocycles. The van der Waals surface area contributed by atoms with Crippen molar-refractivity contribution >= 4 is 23.1 Å². The Morgan fingerprint density at radius 2 is 2.12 bits per heavy atom. The number of pyridine rings is 1. The molecule has 0 aliphatic carbocycles. The van der Waals surface area contributed by atoms with E-state index in [9.17, 15) is 13.6 Å². The van der Waals surface area contributed by atoms with Crippen molar-refractivity contribution in [2.24, 2.45) is 0 Å². The molecule has 0 spiro atoms. The fourth-order valence-electron chi connectivity index (χ4n) is 2.75. The maximum atomic E-state index is 13.4. The Hall–Kier alpha value is -3.10. The summed E-state index contributed by atoms with van der Waals surface area (Å²) in [5.74, 6) is -2.73. The van der Waals surface area contributed by atoms with Gasteiger partial charge in [-0.1, -0.05) is 0 Å². The highest BCUT2D eigenvalue weighted by Crippen LogP contribution is 2.29. The van der Waals surface area contributed by atoms with Crippen molar-refractivity contribution in [3.63, 3.8) is 0 Å². The molecule has 0 saturated carbocycles. The lowest BCUT2D eigenvalue weighted by molar-refractivity contribution is 0.0256. The number of imidazole rings is 1. The minimum atomic E-state index is -2.72. The molecular weight excluding hydrogens is 330 g/mol. The zero-order valence-corrected chi connectivity index (χ0v) is 13.1. The molecule has 0 unspecified atom stereocenters. The molecular formula is C16H14F2N6O. The third kappa shape index (κ3) is 3.00. The summed E-state index contributed by atoms with van der Waals surface area (Å²) in [6, 6.07) is 6.69. The van der Waals surface area contributed by atoms with E-state index in [4.69, 9.17) is 0 Å². The van der Waals surface area contributed by atoms with Gasteiger partial charge in [-0.2, -0.15) is 0 Å². The third-order valence-electron chi connectivity index (χ3n) is 3.99. The van der Waals surface area contributed by atoms with Gasteiger partial charge in [-0.3, -0.25) is 9.78 Å². The van der Waals surface area contributed by atoms with Gasteiger partial charge in [-0.05, 0) is 24.3 Å². The van der Waals surface area contributed by atoms with Crippen LogP contribution in [0.15, 0.2) is 42.9 Å². The molecule has 0 bridgehead atoms. The number of nitrogens with one attached hydrogen (secondary N) is 1. The highest BCUT2D eigenvalue weighted by atomic mass is 19.3. The Morgan fingerprint density at radius 1 is 1.24 bits per heavy atom. The molecule has 1 saturated heterocycles. The standard InChI is InChI=1S/C16H14F2N6O/c17-16(18)5-7-23(10-16)14-4-3-13-20-9-12(24(13)22-14)15(25)21-11-2-1-6-19-8-11/h1-4,6,8-9H,5,7,10H2,(H,21,25). The number of carbonyl (C=O) groups excluding carboxylic acids is 1. The zero-order valence-electron chi connectivity index (χ0n) is 13.1. The maximum Gasteiger partial charge on any atom is 0.276 e. The first-order valence-corrected chi connectivity index (χ1v) is 7.71. The first kappa shape index (κ1) is 15.4. The molecule has 7 nitrogen and oxygen atoms in total. The van der Waals surface area contributed by atoms with E-state index in [1.54, 1.807) is 30.5 Å². The molecule has 3 aromatic rings. The van der Waals surface area contributed by atoms with Gasteiger partial charge in [0.25, 0.3) is 11.8 Å². The Balaban J connectivity index is 1.64. The van der Waals surface area contributed by atoms with Crippen molar-refractivity contribution < 1.29 is 13.6 Å². The molecule has 9 heteroatoms. The van der Waals surface area contributed by atoms with E-state index >= 15 is 0 Å². The summed E-state index contributed by atoms with van der Waals surface area (Å²) < 4.78 is 28.2. The van der Waals surface area contributed by atoms with Crippen LogP contribution in [0.2, 0.25) is 0 Å². The van der Waals surface area contributed by atoms with Crippen LogP contribution in [0.3, 0.4) is 0 Å². The summed E-state index contributed by atoms with van der Waals surface area (Å²) >= 11 is 0. The van der Waals surface area contributed by atoms with Crippen LogP contribution in [0.5, 0.6) is 0 Å². The van der Waals surface area contributed by atoms with E-state index in [1.165, 1.54) is 21.8 Å². The Labute approximate surface area is 141 Å². The van der Waals surface area contributed by atoms with E-state index in [0.717, 1.165) is 0 Å². The van der Waals surface area contributed by atoms with Crippen LogP contribution in [0.1, 0.15) is 16.9 Å². The molecule has 25 heavy (non-hydrogen) atoms. The van der Waals surface area contributed by atoms with Gasteiger partial charge in [0.2, 0.25) is 0 Å². The largest absolute Gasteiger partial charge is 0.349 e.